The van der Waals surface area contributed by atoms with Crippen LogP contribution in [0.1, 0.15) is 17.0 Å². The van der Waals surface area contributed by atoms with Gasteiger partial charge in [-0.05, 0) is 23.3 Å². The quantitative estimate of drug-likeness (QED) is 0.737. The normalized spacial score (nSPS) is 22.3. The topological polar surface area (TPSA) is 37.4 Å². The molecule has 1 aliphatic heterocycles. The second kappa shape index (κ2) is 6.71. The van der Waals surface area contributed by atoms with Gasteiger partial charge in [0, 0.05) is 30.0 Å². The largest absolute Gasteiger partial charge is 0.307 e. The van der Waals surface area contributed by atoms with Gasteiger partial charge in [0.1, 0.15) is 5.25 Å². The average molecular weight is 398 g/mol. The molecule has 0 aliphatic carbocycles. The van der Waals surface area contributed by atoms with Gasteiger partial charge in [0.05, 0.1) is 0 Å². The van der Waals surface area contributed by atoms with Crippen molar-refractivity contribution in [1.29, 1.82) is 0 Å². The Labute approximate surface area is 144 Å². The summed E-state index contributed by atoms with van der Waals surface area (Å²) in [5.41, 5.74) is 1.95. The zero-order valence-electron chi connectivity index (χ0n) is 12.4. The first-order chi connectivity index (χ1) is 10.9. The van der Waals surface area contributed by atoms with Crippen molar-refractivity contribution in [1.82, 2.24) is 4.90 Å². The number of benzene rings is 2. The Balaban J connectivity index is 1.84. The van der Waals surface area contributed by atoms with Crippen molar-refractivity contribution in [2.75, 3.05) is 13.1 Å². The molecule has 23 heavy (non-hydrogen) atoms. The molecule has 0 bridgehead atoms. The molecule has 0 spiro atoms. The number of hydrogen-bond donors (Lipinski definition) is 0. The van der Waals surface area contributed by atoms with Crippen LogP contribution >= 0.6 is 15.9 Å². The second-order valence-corrected chi connectivity index (χ2v) is 8.32. The Kier molecular flexibility index (Phi) is 4.85. The van der Waals surface area contributed by atoms with Gasteiger partial charge in [-0.3, -0.25) is 4.90 Å². The molecule has 3 rings (SSSR count). The Morgan fingerprint density at radius 3 is 2.30 bits per heavy atom. The van der Waals surface area contributed by atoms with Crippen molar-refractivity contribution in [3.8, 4) is 0 Å². The van der Waals surface area contributed by atoms with Gasteiger partial charge in [-0.15, -0.1) is 3.89 Å². The minimum absolute atomic E-state index is 0.217. The smallest absolute Gasteiger partial charge is 0.297 e. The van der Waals surface area contributed by atoms with Crippen molar-refractivity contribution in [2.24, 2.45) is 0 Å². The summed E-state index contributed by atoms with van der Waals surface area (Å²) in [7, 11) is -4.59. The third kappa shape index (κ3) is 4.00. The minimum atomic E-state index is -4.59. The van der Waals surface area contributed by atoms with Crippen LogP contribution < -0.4 is 0 Å². The predicted octanol–water partition coefficient (Wildman–Crippen LogP) is 3.72. The fourth-order valence-electron chi connectivity index (χ4n) is 3.14. The average Bonchev–Trinajstić information content (AvgIpc) is 2.93. The standard InChI is InChI=1S/C17H17BrFNO2S/c18-15-8-6-14(7-9-15)16-11-20(12-17(16)23(19,21)22)10-13-4-2-1-3-5-13/h1-9,16-17H,10-12H2. The highest BCUT2D eigenvalue weighted by molar-refractivity contribution is 9.10. The first-order valence-corrected chi connectivity index (χ1v) is 9.62. The van der Waals surface area contributed by atoms with Crippen LogP contribution in [0.2, 0.25) is 0 Å². The van der Waals surface area contributed by atoms with E-state index in [4.69, 9.17) is 0 Å². The highest BCUT2D eigenvalue weighted by Crippen LogP contribution is 2.34. The lowest BCUT2D eigenvalue weighted by Crippen LogP contribution is -2.26. The summed E-state index contributed by atoms with van der Waals surface area (Å²) >= 11 is 3.36. The number of rotatable bonds is 4. The molecule has 2 aromatic rings. The Morgan fingerprint density at radius 1 is 1.04 bits per heavy atom. The van der Waals surface area contributed by atoms with E-state index >= 15 is 0 Å². The SMILES string of the molecule is O=S(=O)(F)C1CN(Cc2ccccc2)CC1c1ccc(Br)cc1. The zero-order chi connectivity index (χ0) is 16.4. The molecule has 2 atom stereocenters. The maximum absolute atomic E-state index is 13.8. The van der Waals surface area contributed by atoms with E-state index in [1.54, 1.807) is 0 Å². The van der Waals surface area contributed by atoms with Crippen LogP contribution in [0.5, 0.6) is 0 Å². The summed E-state index contributed by atoms with van der Waals surface area (Å²) in [5.74, 6) is -0.346. The Hall–Kier alpha value is -1.24. The van der Waals surface area contributed by atoms with Gasteiger partial charge in [0.25, 0.3) is 0 Å². The Morgan fingerprint density at radius 2 is 1.70 bits per heavy atom. The summed E-state index contributed by atoms with van der Waals surface area (Å²) in [6, 6.07) is 17.2. The lowest BCUT2D eigenvalue weighted by molar-refractivity contribution is 0.326. The summed E-state index contributed by atoms with van der Waals surface area (Å²) in [6.07, 6.45) is 0. The van der Waals surface area contributed by atoms with Gasteiger partial charge in [-0.2, -0.15) is 8.42 Å². The van der Waals surface area contributed by atoms with E-state index in [-0.39, 0.29) is 12.5 Å². The molecule has 1 heterocycles. The van der Waals surface area contributed by atoms with Gasteiger partial charge in [0.15, 0.2) is 0 Å². The molecular weight excluding hydrogens is 381 g/mol. The van der Waals surface area contributed by atoms with Gasteiger partial charge in [-0.25, -0.2) is 0 Å². The maximum atomic E-state index is 13.8. The summed E-state index contributed by atoms with van der Waals surface area (Å²) in [5, 5.41) is -1.01. The van der Waals surface area contributed by atoms with Crippen molar-refractivity contribution >= 4 is 26.2 Å². The van der Waals surface area contributed by atoms with E-state index in [0.29, 0.717) is 13.1 Å². The van der Waals surface area contributed by atoms with Crippen molar-refractivity contribution in [3.63, 3.8) is 0 Å². The molecule has 0 N–H and O–H groups in total. The fourth-order valence-corrected chi connectivity index (χ4v) is 4.43. The third-order valence-electron chi connectivity index (χ3n) is 4.25. The highest BCUT2D eigenvalue weighted by Gasteiger charge is 2.42. The third-order valence-corrected chi connectivity index (χ3v) is 5.98. The molecule has 0 amide bonds. The van der Waals surface area contributed by atoms with Gasteiger partial charge in [-0.1, -0.05) is 58.4 Å². The van der Waals surface area contributed by atoms with Crippen LogP contribution in [0.25, 0.3) is 0 Å². The molecule has 1 fully saturated rings. The molecule has 2 aromatic carbocycles. The van der Waals surface area contributed by atoms with Crippen LogP contribution in [0.4, 0.5) is 3.89 Å². The van der Waals surface area contributed by atoms with E-state index in [9.17, 15) is 12.3 Å². The molecule has 3 nitrogen and oxygen atoms in total. The second-order valence-electron chi connectivity index (χ2n) is 5.85. The van der Waals surface area contributed by atoms with Crippen molar-refractivity contribution < 1.29 is 12.3 Å². The molecule has 6 heteroatoms. The summed E-state index contributed by atoms with van der Waals surface area (Å²) in [4.78, 5) is 2.00. The van der Waals surface area contributed by atoms with Crippen LogP contribution in [0.15, 0.2) is 59.1 Å². The molecule has 0 aromatic heterocycles. The summed E-state index contributed by atoms with van der Waals surface area (Å²) in [6.45, 7) is 1.37. The van der Waals surface area contributed by atoms with Crippen LogP contribution in [0, 0.1) is 0 Å². The van der Waals surface area contributed by atoms with Crippen LogP contribution in [0.3, 0.4) is 0 Å². The minimum Gasteiger partial charge on any atom is -0.297 e. The lowest BCUT2D eigenvalue weighted by Gasteiger charge is -2.16. The maximum Gasteiger partial charge on any atom is 0.307 e. The number of hydrogen-bond acceptors (Lipinski definition) is 3. The molecule has 1 saturated heterocycles. The van der Waals surface area contributed by atoms with E-state index in [1.165, 1.54) is 0 Å². The zero-order valence-corrected chi connectivity index (χ0v) is 14.8. The highest BCUT2D eigenvalue weighted by atomic mass is 79.9. The van der Waals surface area contributed by atoms with Crippen molar-refractivity contribution in [3.05, 3.63) is 70.2 Å². The van der Waals surface area contributed by atoms with Gasteiger partial charge < -0.3 is 0 Å². The van der Waals surface area contributed by atoms with Gasteiger partial charge >= 0.3 is 10.2 Å². The lowest BCUT2D eigenvalue weighted by atomic mass is 9.98. The van der Waals surface area contributed by atoms with Gasteiger partial charge in [0.2, 0.25) is 0 Å². The first kappa shape index (κ1) is 16.6. The predicted molar refractivity (Wildman–Crippen MR) is 92.4 cm³/mol. The van der Waals surface area contributed by atoms with E-state index in [0.717, 1.165) is 15.6 Å². The molecule has 122 valence electrons. The fraction of sp³-hybridized carbons (Fsp3) is 0.294. The van der Waals surface area contributed by atoms with E-state index < -0.39 is 15.5 Å². The van der Waals surface area contributed by atoms with Crippen molar-refractivity contribution in [2.45, 2.75) is 17.7 Å². The number of likely N-dealkylation sites (tertiary alicyclic amines) is 1. The van der Waals surface area contributed by atoms with E-state index in [2.05, 4.69) is 15.9 Å². The molecule has 2 unspecified atom stereocenters. The molecule has 0 saturated carbocycles. The number of nitrogens with zero attached hydrogens (tertiary/aromatic N) is 1. The first-order valence-electron chi connectivity index (χ1n) is 7.39. The molecule has 0 radical (unpaired) electrons. The monoisotopic (exact) mass is 397 g/mol. The van der Waals surface area contributed by atoms with Crippen LogP contribution in [-0.2, 0) is 16.8 Å². The summed E-state index contributed by atoms with van der Waals surface area (Å²) < 4.78 is 37.8. The molecule has 1 aliphatic rings. The van der Waals surface area contributed by atoms with Crippen LogP contribution in [-0.4, -0.2) is 31.7 Å². The van der Waals surface area contributed by atoms with E-state index in [1.807, 2.05) is 59.5 Å². The number of halogens is 2. The Bertz CT molecular complexity index is 765. The molecular formula is C17H17BrFNO2S.